The second-order valence-corrected chi connectivity index (χ2v) is 17.8. The van der Waals surface area contributed by atoms with Crippen LogP contribution in [0.2, 0.25) is 18.1 Å². The summed E-state index contributed by atoms with van der Waals surface area (Å²) in [6.07, 6.45) is 0.901. The molecule has 1 amide bonds. The number of nitrogens with zero attached hydrogens (tertiary/aromatic N) is 2. The molecule has 0 radical (unpaired) electrons. The Morgan fingerprint density at radius 1 is 0.886 bits per heavy atom. The summed E-state index contributed by atoms with van der Waals surface area (Å²) < 4.78 is 34.5. The molecule has 1 saturated heterocycles. The standard InChI is InChI=1S/C37H38F2N2O2Si/c1-37(2,3)44(5,6)43-34(26-14-16-29(38)17-15-26)23-22-33-35(41(36(33)42)32-20-18-30(39)19-21-32)27-12-10-25(11-13-27)28-8-7-9-31(24-28)40-4/h7-21,24,33-35H,22-23H2,1-3,5-6H3/t33-,34+,35-/m1/s1. The average molecular weight is 609 g/mol. The summed E-state index contributed by atoms with van der Waals surface area (Å²) in [5, 5.41) is -0.0183. The van der Waals surface area contributed by atoms with Gasteiger partial charge in [0, 0.05) is 5.69 Å². The van der Waals surface area contributed by atoms with Crippen LogP contribution in [0.3, 0.4) is 0 Å². The molecule has 226 valence electrons. The van der Waals surface area contributed by atoms with E-state index in [0.29, 0.717) is 24.2 Å². The first-order valence-electron chi connectivity index (χ1n) is 15.0. The van der Waals surface area contributed by atoms with Gasteiger partial charge < -0.3 is 9.33 Å². The minimum atomic E-state index is -2.19. The molecular weight excluding hydrogens is 571 g/mol. The van der Waals surface area contributed by atoms with Gasteiger partial charge in [0.25, 0.3) is 0 Å². The van der Waals surface area contributed by atoms with Crippen molar-refractivity contribution in [3.05, 3.63) is 131 Å². The lowest BCUT2D eigenvalue weighted by Gasteiger charge is -2.48. The van der Waals surface area contributed by atoms with Crippen LogP contribution in [0.4, 0.5) is 20.2 Å². The van der Waals surface area contributed by atoms with Crippen LogP contribution < -0.4 is 4.90 Å². The Balaban J connectivity index is 1.44. The molecular formula is C37H38F2N2O2Si. The molecule has 0 unspecified atom stereocenters. The number of rotatable bonds is 9. The zero-order chi connectivity index (χ0) is 31.6. The largest absolute Gasteiger partial charge is 0.410 e. The van der Waals surface area contributed by atoms with Crippen molar-refractivity contribution in [2.45, 2.75) is 63.9 Å². The minimum Gasteiger partial charge on any atom is -0.410 e. The molecule has 0 bridgehead atoms. The van der Waals surface area contributed by atoms with Crippen molar-refractivity contribution in [2.24, 2.45) is 5.92 Å². The van der Waals surface area contributed by atoms with Gasteiger partial charge in [0.05, 0.1) is 24.6 Å². The first kappa shape index (κ1) is 31.3. The summed E-state index contributed by atoms with van der Waals surface area (Å²) in [4.78, 5) is 19.0. The van der Waals surface area contributed by atoms with Gasteiger partial charge in [-0.25, -0.2) is 13.6 Å². The summed E-state index contributed by atoms with van der Waals surface area (Å²) in [5.41, 5.74) is 5.04. The lowest BCUT2D eigenvalue weighted by molar-refractivity contribution is -0.131. The van der Waals surface area contributed by atoms with E-state index < -0.39 is 8.32 Å². The van der Waals surface area contributed by atoms with Gasteiger partial charge in [0.1, 0.15) is 11.6 Å². The molecule has 1 heterocycles. The molecule has 0 aromatic heterocycles. The van der Waals surface area contributed by atoms with Crippen LogP contribution in [0.15, 0.2) is 97.1 Å². The first-order chi connectivity index (χ1) is 20.9. The highest BCUT2D eigenvalue weighted by atomic mass is 28.4. The fraction of sp³-hybridized carbons (Fsp3) is 0.297. The van der Waals surface area contributed by atoms with E-state index in [0.717, 1.165) is 22.3 Å². The molecule has 44 heavy (non-hydrogen) atoms. The van der Waals surface area contributed by atoms with Crippen LogP contribution >= 0.6 is 0 Å². The number of carbonyl (C=O) groups is 1. The molecule has 0 N–H and O–H groups in total. The van der Waals surface area contributed by atoms with Crippen molar-refractivity contribution in [2.75, 3.05) is 4.90 Å². The fourth-order valence-electron chi connectivity index (χ4n) is 5.56. The predicted octanol–water partition coefficient (Wildman–Crippen LogP) is 10.4. The van der Waals surface area contributed by atoms with Crippen molar-refractivity contribution in [1.29, 1.82) is 0 Å². The summed E-state index contributed by atoms with van der Waals surface area (Å²) in [6, 6.07) is 27.9. The maximum Gasteiger partial charge on any atom is 0.233 e. The molecule has 0 spiro atoms. The number of carbonyl (C=O) groups excluding carboxylic acids is 1. The van der Waals surface area contributed by atoms with Crippen LogP contribution in [-0.4, -0.2) is 14.2 Å². The molecule has 1 aliphatic rings. The second kappa shape index (κ2) is 12.5. The van der Waals surface area contributed by atoms with Crippen LogP contribution in [0.1, 0.15) is 56.9 Å². The Labute approximate surface area is 260 Å². The van der Waals surface area contributed by atoms with Crippen molar-refractivity contribution < 1.29 is 18.0 Å². The highest BCUT2D eigenvalue weighted by Gasteiger charge is 2.49. The van der Waals surface area contributed by atoms with Gasteiger partial charge in [-0.1, -0.05) is 75.4 Å². The van der Waals surface area contributed by atoms with Gasteiger partial charge in [-0.3, -0.25) is 4.79 Å². The van der Waals surface area contributed by atoms with Gasteiger partial charge in [0.15, 0.2) is 14.0 Å². The van der Waals surface area contributed by atoms with Gasteiger partial charge in [0.2, 0.25) is 5.91 Å². The maximum atomic E-state index is 13.8. The zero-order valence-corrected chi connectivity index (χ0v) is 26.9. The number of halogens is 2. The van der Waals surface area contributed by atoms with Crippen LogP contribution in [-0.2, 0) is 9.22 Å². The quantitative estimate of drug-likeness (QED) is 0.108. The normalized spacial score (nSPS) is 17.6. The Bertz CT molecular complexity index is 1660. The monoisotopic (exact) mass is 608 g/mol. The van der Waals surface area contributed by atoms with E-state index >= 15 is 0 Å². The fourth-order valence-corrected chi connectivity index (χ4v) is 6.88. The molecule has 0 saturated carbocycles. The summed E-state index contributed by atoms with van der Waals surface area (Å²) in [7, 11) is -2.19. The molecule has 4 aromatic carbocycles. The second-order valence-electron chi connectivity index (χ2n) is 13.0. The topological polar surface area (TPSA) is 33.9 Å². The number of benzene rings is 4. The number of β-lactam (4-membered cyclic amide) rings is 1. The molecule has 0 aliphatic carbocycles. The molecule has 3 atom stereocenters. The van der Waals surface area contributed by atoms with E-state index in [1.165, 1.54) is 24.3 Å². The Kier molecular flexibility index (Phi) is 8.87. The van der Waals surface area contributed by atoms with Crippen LogP contribution in [0, 0.1) is 24.1 Å². The number of anilines is 1. The number of hydrogen-bond donors (Lipinski definition) is 0. The molecule has 7 heteroatoms. The third kappa shape index (κ3) is 6.52. The third-order valence-electron chi connectivity index (χ3n) is 9.10. The Hall–Kier alpha value is -4.12. The van der Waals surface area contributed by atoms with Gasteiger partial charge in [-0.05, 0) is 95.7 Å². The van der Waals surface area contributed by atoms with E-state index in [4.69, 9.17) is 11.0 Å². The first-order valence-corrected chi connectivity index (χ1v) is 17.9. The van der Waals surface area contributed by atoms with Crippen molar-refractivity contribution >= 4 is 25.6 Å². The number of hydrogen-bond acceptors (Lipinski definition) is 2. The minimum absolute atomic E-state index is 0.0133. The van der Waals surface area contributed by atoms with Gasteiger partial charge >= 0.3 is 0 Å². The van der Waals surface area contributed by atoms with Crippen molar-refractivity contribution in [3.63, 3.8) is 0 Å². The predicted molar refractivity (Wildman–Crippen MR) is 175 cm³/mol. The highest BCUT2D eigenvalue weighted by molar-refractivity contribution is 6.74. The number of amides is 1. The van der Waals surface area contributed by atoms with Gasteiger partial charge in [-0.2, -0.15) is 0 Å². The van der Waals surface area contributed by atoms with E-state index in [1.54, 1.807) is 35.2 Å². The van der Waals surface area contributed by atoms with Crippen molar-refractivity contribution in [3.8, 4) is 11.1 Å². The summed E-state index contributed by atoms with van der Waals surface area (Å²) in [5.74, 6) is -0.970. The Morgan fingerprint density at radius 3 is 2.09 bits per heavy atom. The SMILES string of the molecule is [C-]#[N+]c1cccc(-c2ccc([C@@H]3[C@@H](CC[C@H](O[Si](C)(C)C(C)(C)C)c4ccc(F)cc4)C(=O)N3c3ccc(F)cc3)cc2)c1. The smallest absolute Gasteiger partial charge is 0.233 e. The van der Waals surface area contributed by atoms with Crippen molar-refractivity contribution in [1.82, 2.24) is 0 Å². The lowest BCUT2D eigenvalue weighted by atomic mass is 9.78. The molecule has 4 aromatic rings. The van der Waals surface area contributed by atoms with E-state index in [-0.39, 0.29) is 40.6 Å². The van der Waals surface area contributed by atoms with Crippen LogP contribution in [0.25, 0.3) is 16.0 Å². The summed E-state index contributed by atoms with van der Waals surface area (Å²) >= 11 is 0. The molecule has 1 aliphatic heterocycles. The summed E-state index contributed by atoms with van der Waals surface area (Å²) in [6.45, 7) is 18.3. The highest BCUT2D eigenvalue weighted by Crippen LogP contribution is 2.48. The zero-order valence-electron chi connectivity index (χ0n) is 25.9. The van der Waals surface area contributed by atoms with E-state index in [2.05, 4.69) is 38.7 Å². The van der Waals surface area contributed by atoms with Gasteiger partial charge in [-0.15, -0.1) is 0 Å². The lowest BCUT2D eigenvalue weighted by Crippen LogP contribution is -2.55. The molecule has 4 nitrogen and oxygen atoms in total. The van der Waals surface area contributed by atoms with E-state index in [1.807, 2.05) is 42.5 Å². The average Bonchev–Trinajstić information content (AvgIpc) is 3.00. The maximum absolute atomic E-state index is 13.8. The van der Waals surface area contributed by atoms with Crippen LogP contribution in [0.5, 0.6) is 0 Å². The van der Waals surface area contributed by atoms with E-state index in [9.17, 15) is 13.6 Å². The Morgan fingerprint density at radius 2 is 1.50 bits per heavy atom. The third-order valence-corrected chi connectivity index (χ3v) is 13.6. The molecule has 1 fully saturated rings. The molecule has 5 rings (SSSR count).